The Morgan fingerprint density at radius 1 is 1.22 bits per heavy atom. The van der Waals surface area contributed by atoms with E-state index in [4.69, 9.17) is 0 Å². The maximum atomic E-state index is 9.20. The van der Waals surface area contributed by atoms with Crippen molar-refractivity contribution in [1.82, 2.24) is 9.97 Å². The minimum absolute atomic E-state index is 0.195. The average Bonchev–Trinajstić information content (AvgIpc) is 2.37. The third-order valence-electron chi connectivity index (χ3n) is 3.80. The van der Waals surface area contributed by atoms with Gasteiger partial charge in [0.25, 0.3) is 0 Å². The SMILES string of the molecule is Cc1nc2c(c(NC(C)C(C)CO)n1)CCCC2. The summed E-state index contributed by atoms with van der Waals surface area (Å²) in [7, 11) is 0. The molecule has 0 spiro atoms. The Morgan fingerprint density at radius 2 is 1.94 bits per heavy atom. The first-order valence-corrected chi connectivity index (χ1v) is 6.85. The summed E-state index contributed by atoms with van der Waals surface area (Å²) in [4.78, 5) is 9.09. The van der Waals surface area contributed by atoms with Crippen LogP contribution in [0.15, 0.2) is 0 Å². The van der Waals surface area contributed by atoms with E-state index in [1.165, 1.54) is 24.1 Å². The van der Waals surface area contributed by atoms with Crippen LogP contribution in [0.3, 0.4) is 0 Å². The van der Waals surface area contributed by atoms with E-state index in [0.29, 0.717) is 0 Å². The van der Waals surface area contributed by atoms with Crippen LogP contribution >= 0.6 is 0 Å². The molecule has 1 aliphatic carbocycles. The smallest absolute Gasteiger partial charge is 0.133 e. The number of rotatable bonds is 4. The van der Waals surface area contributed by atoms with Gasteiger partial charge in [0.1, 0.15) is 11.6 Å². The van der Waals surface area contributed by atoms with Gasteiger partial charge in [-0.2, -0.15) is 0 Å². The number of aromatic nitrogens is 2. The van der Waals surface area contributed by atoms with Gasteiger partial charge in [-0.25, -0.2) is 9.97 Å². The molecule has 4 heteroatoms. The second-order valence-corrected chi connectivity index (χ2v) is 5.34. The third-order valence-corrected chi connectivity index (χ3v) is 3.80. The van der Waals surface area contributed by atoms with E-state index < -0.39 is 0 Å². The van der Waals surface area contributed by atoms with Crippen molar-refractivity contribution in [3.63, 3.8) is 0 Å². The van der Waals surface area contributed by atoms with Crippen molar-refractivity contribution in [2.45, 2.75) is 52.5 Å². The van der Waals surface area contributed by atoms with E-state index in [1.807, 2.05) is 13.8 Å². The van der Waals surface area contributed by atoms with Crippen LogP contribution in [0.2, 0.25) is 0 Å². The fourth-order valence-electron chi connectivity index (χ4n) is 2.35. The molecule has 2 atom stereocenters. The first-order valence-electron chi connectivity index (χ1n) is 6.85. The van der Waals surface area contributed by atoms with Crippen molar-refractivity contribution in [3.05, 3.63) is 17.1 Å². The van der Waals surface area contributed by atoms with Gasteiger partial charge in [-0.05, 0) is 45.4 Å². The van der Waals surface area contributed by atoms with Gasteiger partial charge in [-0.1, -0.05) is 6.92 Å². The zero-order chi connectivity index (χ0) is 13.1. The van der Waals surface area contributed by atoms with Crippen molar-refractivity contribution in [2.75, 3.05) is 11.9 Å². The normalized spacial score (nSPS) is 18.0. The van der Waals surface area contributed by atoms with Crippen molar-refractivity contribution in [3.8, 4) is 0 Å². The van der Waals surface area contributed by atoms with Gasteiger partial charge in [-0.3, -0.25) is 0 Å². The van der Waals surface area contributed by atoms with E-state index in [9.17, 15) is 5.11 Å². The molecule has 2 rings (SSSR count). The molecule has 1 aromatic heterocycles. The number of nitrogens with zero attached hydrogens (tertiary/aromatic N) is 2. The predicted molar refractivity (Wildman–Crippen MR) is 72.7 cm³/mol. The Bertz CT molecular complexity index is 420. The van der Waals surface area contributed by atoms with E-state index in [1.54, 1.807) is 0 Å². The number of aryl methyl sites for hydroxylation is 2. The molecule has 0 amide bonds. The summed E-state index contributed by atoms with van der Waals surface area (Å²) in [5.41, 5.74) is 2.49. The van der Waals surface area contributed by atoms with Crippen molar-refractivity contribution < 1.29 is 5.11 Å². The molecule has 2 N–H and O–H groups in total. The van der Waals surface area contributed by atoms with Gasteiger partial charge in [0, 0.05) is 23.9 Å². The lowest BCUT2D eigenvalue weighted by Crippen LogP contribution is -2.28. The quantitative estimate of drug-likeness (QED) is 0.858. The fraction of sp³-hybridized carbons (Fsp3) is 0.714. The minimum atomic E-state index is 0.195. The second-order valence-electron chi connectivity index (χ2n) is 5.34. The second kappa shape index (κ2) is 5.65. The molecule has 0 aromatic carbocycles. The number of anilines is 1. The molecule has 100 valence electrons. The summed E-state index contributed by atoms with van der Waals surface area (Å²) >= 11 is 0. The number of aliphatic hydroxyl groups excluding tert-OH is 1. The number of aliphatic hydroxyl groups is 1. The topological polar surface area (TPSA) is 58.0 Å². The van der Waals surface area contributed by atoms with Crippen LogP contribution < -0.4 is 5.32 Å². The molecule has 1 aromatic rings. The molecule has 0 fully saturated rings. The number of fused-ring (bicyclic) bond motifs is 1. The summed E-state index contributed by atoms with van der Waals surface area (Å²) in [5, 5.41) is 12.7. The molecule has 0 aliphatic heterocycles. The Morgan fingerprint density at radius 3 is 2.67 bits per heavy atom. The van der Waals surface area contributed by atoms with Gasteiger partial charge in [0.15, 0.2) is 0 Å². The lowest BCUT2D eigenvalue weighted by Gasteiger charge is -2.24. The van der Waals surface area contributed by atoms with Crippen molar-refractivity contribution >= 4 is 5.82 Å². The predicted octanol–water partition coefficient (Wildman–Crippen LogP) is 2.09. The molecular formula is C14H23N3O. The summed E-state index contributed by atoms with van der Waals surface area (Å²) in [6.07, 6.45) is 4.58. The highest BCUT2D eigenvalue weighted by Gasteiger charge is 2.19. The van der Waals surface area contributed by atoms with Crippen LogP contribution in [0.25, 0.3) is 0 Å². The van der Waals surface area contributed by atoms with Crippen LogP contribution in [-0.4, -0.2) is 27.7 Å². The number of hydrogen-bond acceptors (Lipinski definition) is 4. The Kier molecular flexibility index (Phi) is 4.17. The van der Waals surface area contributed by atoms with Gasteiger partial charge in [0.2, 0.25) is 0 Å². The molecule has 1 aliphatic rings. The maximum Gasteiger partial charge on any atom is 0.133 e. The highest BCUT2D eigenvalue weighted by Crippen LogP contribution is 2.26. The summed E-state index contributed by atoms with van der Waals surface area (Å²) in [6, 6.07) is 0.218. The highest BCUT2D eigenvalue weighted by atomic mass is 16.3. The maximum absolute atomic E-state index is 9.20. The zero-order valence-corrected chi connectivity index (χ0v) is 11.5. The van der Waals surface area contributed by atoms with Crippen molar-refractivity contribution in [2.24, 2.45) is 5.92 Å². The van der Waals surface area contributed by atoms with E-state index in [0.717, 1.165) is 24.5 Å². The van der Waals surface area contributed by atoms with E-state index >= 15 is 0 Å². The van der Waals surface area contributed by atoms with Crippen LogP contribution in [0.1, 0.15) is 43.8 Å². The van der Waals surface area contributed by atoms with E-state index in [-0.39, 0.29) is 18.6 Å². The van der Waals surface area contributed by atoms with Gasteiger partial charge >= 0.3 is 0 Å². The van der Waals surface area contributed by atoms with Crippen LogP contribution in [0.4, 0.5) is 5.82 Å². The molecule has 0 radical (unpaired) electrons. The largest absolute Gasteiger partial charge is 0.396 e. The Hall–Kier alpha value is -1.16. The van der Waals surface area contributed by atoms with Crippen LogP contribution in [0.5, 0.6) is 0 Å². The van der Waals surface area contributed by atoms with Gasteiger partial charge < -0.3 is 10.4 Å². The summed E-state index contributed by atoms with van der Waals surface area (Å²) < 4.78 is 0. The molecule has 18 heavy (non-hydrogen) atoms. The summed E-state index contributed by atoms with van der Waals surface area (Å²) in [5.74, 6) is 2.03. The minimum Gasteiger partial charge on any atom is -0.396 e. The molecule has 0 saturated carbocycles. The Labute approximate surface area is 109 Å². The molecule has 4 nitrogen and oxygen atoms in total. The monoisotopic (exact) mass is 249 g/mol. The molecular weight excluding hydrogens is 226 g/mol. The number of nitrogens with one attached hydrogen (secondary N) is 1. The standard InChI is InChI=1S/C14H23N3O/c1-9(8-18)10(2)15-14-12-6-4-5-7-13(12)16-11(3)17-14/h9-10,18H,4-8H2,1-3H3,(H,15,16,17). The third kappa shape index (κ3) is 2.80. The Balaban J connectivity index is 2.24. The molecule has 2 unspecified atom stereocenters. The van der Waals surface area contributed by atoms with Crippen LogP contribution in [-0.2, 0) is 12.8 Å². The van der Waals surface area contributed by atoms with Crippen LogP contribution in [0, 0.1) is 12.8 Å². The highest BCUT2D eigenvalue weighted by molar-refractivity contribution is 5.48. The number of hydrogen-bond donors (Lipinski definition) is 2. The molecule has 0 saturated heterocycles. The van der Waals surface area contributed by atoms with E-state index in [2.05, 4.69) is 22.2 Å². The lowest BCUT2D eigenvalue weighted by atomic mass is 9.95. The van der Waals surface area contributed by atoms with Gasteiger partial charge in [-0.15, -0.1) is 0 Å². The lowest BCUT2D eigenvalue weighted by molar-refractivity contribution is 0.226. The zero-order valence-electron chi connectivity index (χ0n) is 11.5. The first-order chi connectivity index (χ1) is 8.61. The van der Waals surface area contributed by atoms with Crippen molar-refractivity contribution in [1.29, 1.82) is 0 Å². The first kappa shape index (κ1) is 13.3. The average molecular weight is 249 g/mol. The fourth-order valence-corrected chi connectivity index (χ4v) is 2.35. The summed E-state index contributed by atoms with van der Waals surface area (Å²) in [6.45, 7) is 6.27. The van der Waals surface area contributed by atoms with Gasteiger partial charge in [0.05, 0.1) is 0 Å². The molecule has 0 bridgehead atoms. The molecule has 1 heterocycles.